The third-order valence-corrected chi connectivity index (χ3v) is 3.57. The van der Waals surface area contributed by atoms with E-state index in [4.69, 9.17) is 4.74 Å². The summed E-state index contributed by atoms with van der Waals surface area (Å²) in [4.78, 5) is 13.4. The molecule has 0 aromatic heterocycles. The van der Waals surface area contributed by atoms with Gasteiger partial charge in [-0.15, -0.1) is 0 Å². The van der Waals surface area contributed by atoms with Crippen molar-refractivity contribution >= 4 is 6.09 Å². The Balaban J connectivity index is 2.09. The molecule has 6 heteroatoms. The van der Waals surface area contributed by atoms with E-state index in [0.29, 0.717) is 0 Å². The second-order valence-electron chi connectivity index (χ2n) is 6.64. The van der Waals surface area contributed by atoms with E-state index in [9.17, 15) is 20.1 Å². The fourth-order valence-corrected chi connectivity index (χ4v) is 2.63. The summed E-state index contributed by atoms with van der Waals surface area (Å²) in [7, 11) is 0. The number of hydrogen-bond acceptors (Lipinski definition) is 5. The van der Waals surface area contributed by atoms with Crippen molar-refractivity contribution in [1.29, 1.82) is 0 Å². The van der Waals surface area contributed by atoms with E-state index in [1.807, 2.05) is 0 Å². The molecule has 0 saturated carbocycles. The molecule has 1 unspecified atom stereocenters. The van der Waals surface area contributed by atoms with Gasteiger partial charge in [0.1, 0.15) is 11.4 Å². The fourth-order valence-electron chi connectivity index (χ4n) is 2.63. The number of phenols is 1. The zero-order valence-electron chi connectivity index (χ0n) is 13.1. The van der Waals surface area contributed by atoms with Crippen molar-refractivity contribution < 1.29 is 24.9 Å². The molecule has 3 atom stereocenters. The maximum absolute atomic E-state index is 12.0. The average molecular weight is 309 g/mol. The van der Waals surface area contributed by atoms with Gasteiger partial charge in [-0.25, -0.2) is 4.79 Å². The summed E-state index contributed by atoms with van der Waals surface area (Å²) < 4.78 is 5.26. The second kappa shape index (κ2) is 6.14. The highest BCUT2D eigenvalue weighted by atomic mass is 16.6. The first-order valence-corrected chi connectivity index (χ1v) is 7.30. The minimum atomic E-state index is -0.902. The van der Waals surface area contributed by atoms with Crippen molar-refractivity contribution in [2.75, 3.05) is 13.1 Å². The van der Waals surface area contributed by atoms with Crippen molar-refractivity contribution in [3.05, 3.63) is 29.8 Å². The number of piperidine rings is 1. The molecule has 122 valence electrons. The highest BCUT2D eigenvalue weighted by molar-refractivity contribution is 5.68. The zero-order valence-corrected chi connectivity index (χ0v) is 13.1. The van der Waals surface area contributed by atoms with Gasteiger partial charge in [0.15, 0.2) is 0 Å². The standard InChI is InChI=1S/C16H23NO5/c1-16(2,3)22-15(21)17-8-12(19)14(13(20)9-17)10-4-6-11(18)7-5-10/h4-7,12-14,18-20H,8-9H2,1-3H3/t12-,13+,14?. The lowest BCUT2D eigenvalue weighted by atomic mass is 9.85. The number of benzene rings is 1. The number of amides is 1. The van der Waals surface area contributed by atoms with Gasteiger partial charge in [0.25, 0.3) is 0 Å². The van der Waals surface area contributed by atoms with E-state index >= 15 is 0 Å². The number of rotatable bonds is 1. The maximum atomic E-state index is 12.0. The van der Waals surface area contributed by atoms with Crippen LogP contribution < -0.4 is 0 Å². The van der Waals surface area contributed by atoms with Gasteiger partial charge in [-0.2, -0.15) is 0 Å². The van der Waals surface area contributed by atoms with E-state index in [2.05, 4.69) is 0 Å². The number of likely N-dealkylation sites (tertiary alicyclic amines) is 1. The highest BCUT2D eigenvalue weighted by Crippen LogP contribution is 2.30. The van der Waals surface area contributed by atoms with Crippen LogP contribution in [0.1, 0.15) is 32.3 Å². The molecular weight excluding hydrogens is 286 g/mol. The first-order chi connectivity index (χ1) is 10.2. The zero-order chi connectivity index (χ0) is 16.5. The van der Waals surface area contributed by atoms with Crippen LogP contribution in [-0.2, 0) is 4.74 Å². The quantitative estimate of drug-likeness (QED) is 0.730. The van der Waals surface area contributed by atoms with E-state index in [-0.39, 0.29) is 18.8 Å². The summed E-state index contributed by atoms with van der Waals surface area (Å²) in [6, 6.07) is 6.34. The second-order valence-corrected chi connectivity index (χ2v) is 6.64. The van der Waals surface area contributed by atoms with Crippen molar-refractivity contribution in [3.8, 4) is 5.75 Å². The molecule has 1 saturated heterocycles. The van der Waals surface area contributed by atoms with Crippen LogP contribution in [0.25, 0.3) is 0 Å². The van der Waals surface area contributed by atoms with Crippen LogP contribution in [0.3, 0.4) is 0 Å². The van der Waals surface area contributed by atoms with E-state index in [1.54, 1.807) is 32.9 Å². The molecule has 2 rings (SSSR count). The smallest absolute Gasteiger partial charge is 0.410 e. The van der Waals surface area contributed by atoms with Gasteiger partial charge in [-0.3, -0.25) is 0 Å². The van der Waals surface area contributed by atoms with Gasteiger partial charge in [0.05, 0.1) is 25.3 Å². The SMILES string of the molecule is CC(C)(C)OC(=O)N1C[C@@H](O)C(c2ccc(O)cc2)[C@@H](O)C1. The highest BCUT2D eigenvalue weighted by Gasteiger charge is 2.39. The van der Waals surface area contributed by atoms with E-state index in [1.165, 1.54) is 17.0 Å². The van der Waals surface area contributed by atoms with Gasteiger partial charge in [-0.05, 0) is 38.5 Å². The largest absolute Gasteiger partial charge is 0.508 e. The van der Waals surface area contributed by atoms with Gasteiger partial charge in [0.2, 0.25) is 0 Å². The molecule has 0 radical (unpaired) electrons. The van der Waals surface area contributed by atoms with Gasteiger partial charge in [-0.1, -0.05) is 12.1 Å². The molecule has 1 aliphatic heterocycles. The number of ether oxygens (including phenoxy) is 1. The van der Waals surface area contributed by atoms with Crippen LogP contribution in [-0.4, -0.2) is 57.2 Å². The first-order valence-electron chi connectivity index (χ1n) is 7.30. The lowest BCUT2D eigenvalue weighted by molar-refractivity contribution is -0.0429. The van der Waals surface area contributed by atoms with Gasteiger partial charge < -0.3 is 25.0 Å². The predicted octanol–water partition coefficient (Wildman–Crippen LogP) is 1.45. The van der Waals surface area contributed by atoms with Crippen LogP contribution >= 0.6 is 0 Å². The summed E-state index contributed by atoms with van der Waals surface area (Å²) in [6.07, 6.45) is -2.35. The van der Waals surface area contributed by atoms with Crippen molar-refractivity contribution in [2.45, 2.75) is 44.5 Å². The summed E-state index contributed by atoms with van der Waals surface area (Å²) >= 11 is 0. The van der Waals surface area contributed by atoms with Crippen molar-refractivity contribution in [3.63, 3.8) is 0 Å². The van der Waals surface area contributed by atoms with Crippen LogP contribution in [0, 0.1) is 0 Å². The first kappa shape index (κ1) is 16.6. The number of hydrogen-bond donors (Lipinski definition) is 3. The number of phenolic OH excluding ortho intramolecular Hbond substituents is 1. The molecule has 0 spiro atoms. The number of aliphatic hydroxyl groups is 2. The minimum absolute atomic E-state index is 0.0948. The monoisotopic (exact) mass is 309 g/mol. The van der Waals surface area contributed by atoms with Crippen LogP contribution in [0.5, 0.6) is 5.75 Å². The minimum Gasteiger partial charge on any atom is -0.508 e. The Morgan fingerprint density at radius 3 is 2.09 bits per heavy atom. The van der Waals surface area contributed by atoms with E-state index < -0.39 is 29.8 Å². The predicted molar refractivity (Wildman–Crippen MR) is 80.7 cm³/mol. The van der Waals surface area contributed by atoms with Crippen LogP contribution in [0.4, 0.5) is 4.79 Å². The van der Waals surface area contributed by atoms with Gasteiger partial charge >= 0.3 is 6.09 Å². The van der Waals surface area contributed by atoms with Crippen LogP contribution in [0.15, 0.2) is 24.3 Å². The fraction of sp³-hybridized carbons (Fsp3) is 0.562. The molecule has 0 aliphatic carbocycles. The molecule has 1 heterocycles. The summed E-state index contributed by atoms with van der Waals surface area (Å²) in [6.45, 7) is 5.48. The van der Waals surface area contributed by atoms with E-state index in [0.717, 1.165) is 5.56 Å². The Bertz CT molecular complexity index is 510. The molecule has 22 heavy (non-hydrogen) atoms. The lowest BCUT2D eigenvalue weighted by Crippen LogP contribution is -2.53. The number of carbonyl (C=O) groups is 1. The Labute approximate surface area is 129 Å². The van der Waals surface area contributed by atoms with Crippen molar-refractivity contribution in [2.24, 2.45) is 0 Å². The maximum Gasteiger partial charge on any atom is 0.410 e. The number of aliphatic hydroxyl groups excluding tert-OH is 2. The Morgan fingerprint density at radius 2 is 1.64 bits per heavy atom. The van der Waals surface area contributed by atoms with Crippen molar-refractivity contribution in [1.82, 2.24) is 4.90 Å². The molecule has 0 bridgehead atoms. The Hall–Kier alpha value is -1.79. The average Bonchev–Trinajstić information content (AvgIpc) is 2.38. The summed E-state index contributed by atoms with van der Waals surface area (Å²) in [5.41, 5.74) is 0.0995. The number of nitrogens with zero attached hydrogens (tertiary/aromatic N) is 1. The summed E-state index contributed by atoms with van der Waals surface area (Å²) in [5.74, 6) is -0.377. The van der Waals surface area contributed by atoms with Gasteiger partial charge in [0, 0.05) is 5.92 Å². The molecule has 1 fully saturated rings. The lowest BCUT2D eigenvalue weighted by Gasteiger charge is -2.40. The molecule has 6 nitrogen and oxygen atoms in total. The summed E-state index contributed by atoms with van der Waals surface area (Å²) in [5, 5.41) is 29.9. The molecular formula is C16H23NO5. The number of carbonyl (C=O) groups excluding carboxylic acids is 1. The molecule has 1 amide bonds. The Kier molecular flexibility index (Phi) is 4.63. The molecule has 3 N–H and O–H groups in total. The third kappa shape index (κ3) is 3.90. The molecule has 1 aromatic rings. The third-order valence-electron chi connectivity index (χ3n) is 3.57. The number of aromatic hydroxyl groups is 1. The van der Waals surface area contributed by atoms with Crippen LogP contribution in [0.2, 0.25) is 0 Å². The topological polar surface area (TPSA) is 90.2 Å². The Morgan fingerprint density at radius 1 is 1.14 bits per heavy atom. The number of β-amino-alcohol motifs (C(OH)–C–C–N with tert-alkyl or cyclic N) is 2. The molecule has 1 aliphatic rings. The normalized spacial score (nSPS) is 25.9. The molecule has 1 aromatic carbocycles.